The smallest absolute Gasteiger partial charge is 0.151 e. The molecule has 0 amide bonds. The molecule has 17 heavy (non-hydrogen) atoms. The van der Waals surface area contributed by atoms with Crippen LogP contribution in [0.5, 0.6) is 0 Å². The van der Waals surface area contributed by atoms with Crippen molar-refractivity contribution in [1.82, 2.24) is 10.2 Å². The molecule has 0 bridgehead atoms. The fourth-order valence-electron chi connectivity index (χ4n) is 2.42. The van der Waals surface area contributed by atoms with Gasteiger partial charge in [-0.05, 0) is 25.0 Å². The number of rotatable bonds is 4. The second-order valence-corrected chi connectivity index (χ2v) is 4.80. The summed E-state index contributed by atoms with van der Waals surface area (Å²) in [6.45, 7) is 0.736. The predicted octanol–water partition coefficient (Wildman–Crippen LogP) is 1.95. The lowest BCUT2D eigenvalue weighted by atomic mass is 9.87. The van der Waals surface area contributed by atoms with Crippen molar-refractivity contribution in [2.75, 3.05) is 25.1 Å². The van der Waals surface area contributed by atoms with Crippen molar-refractivity contribution < 1.29 is 5.11 Å². The SMILES string of the molecule is CN(CCO)c1ccc(C2CCCCC2)nn1. The Morgan fingerprint density at radius 3 is 2.59 bits per heavy atom. The van der Waals surface area contributed by atoms with Crippen molar-refractivity contribution in [3.8, 4) is 0 Å². The van der Waals surface area contributed by atoms with Gasteiger partial charge >= 0.3 is 0 Å². The van der Waals surface area contributed by atoms with Gasteiger partial charge in [0.1, 0.15) is 0 Å². The van der Waals surface area contributed by atoms with E-state index in [1.54, 1.807) is 0 Å². The van der Waals surface area contributed by atoms with Crippen LogP contribution in [-0.4, -0.2) is 35.5 Å². The van der Waals surface area contributed by atoms with Crippen LogP contribution in [0, 0.1) is 0 Å². The molecule has 0 unspecified atom stereocenters. The van der Waals surface area contributed by atoms with E-state index in [2.05, 4.69) is 16.3 Å². The van der Waals surface area contributed by atoms with Gasteiger partial charge < -0.3 is 10.0 Å². The third-order valence-electron chi connectivity index (χ3n) is 3.52. The van der Waals surface area contributed by atoms with Crippen LogP contribution in [0.25, 0.3) is 0 Å². The molecule has 0 saturated heterocycles. The molecule has 1 heterocycles. The van der Waals surface area contributed by atoms with E-state index < -0.39 is 0 Å². The summed E-state index contributed by atoms with van der Waals surface area (Å²) in [6.07, 6.45) is 6.50. The Morgan fingerprint density at radius 2 is 2.00 bits per heavy atom. The van der Waals surface area contributed by atoms with Gasteiger partial charge in [-0.25, -0.2) is 0 Å². The first-order valence-electron chi connectivity index (χ1n) is 6.47. The lowest BCUT2D eigenvalue weighted by molar-refractivity contribution is 0.303. The van der Waals surface area contributed by atoms with E-state index in [-0.39, 0.29) is 6.61 Å². The lowest BCUT2D eigenvalue weighted by Gasteiger charge is -2.21. The summed E-state index contributed by atoms with van der Waals surface area (Å²) in [5.41, 5.74) is 1.13. The maximum absolute atomic E-state index is 8.87. The van der Waals surface area contributed by atoms with Crippen LogP contribution >= 0.6 is 0 Å². The van der Waals surface area contributed by atoms with Crippen LogP contribution in [0.15, 0.2) is 12.1 Å². The Labute approximate surface area is 103 Å². The molecule has 1 aromatic heterocycles. The van der Waals surface area contributed by atoms with Gasteiger partial charge in [0.15, 0.2) is 5.82 Å². The molecule has 4 heteroatoms. The molecule has 0 atom stereocenters. The molecule has 1 fully saturated rings. The number of aliphatic hydroxyl groups excluding tert-OH is 1. The summed E-state index contributed by atoms with van der Waals surface area (Å²) < 4.78 is 0. The van der Waals surface area contributed by atoms with E-state index >= 15 is 0 Å². The van der Waals surface area contributed by atoms with Crippen LogP contribution in [0.2, 0.25) is 0 Å². The summed E-state index contributed by atoms with van der Waals surface area (Å²) >= 11 is 0. The first-order chi connectivity index (χ1) is 8.31. The van der Waals surface area contributed by atoms with Crippen molar-refractivity contribution in [2.45, 2.75) is 38.0 Å². The van der Waals surface area contributed by atoms with E-state index in [4.69, 9.17) is 5.11 Å². The van der Waals surface area contributed by atoms with Crippen LogP contribution in [0.1, 0.15) is 43.7 Å². The Kier molecular flexibility index (Phi) is 4.31. The molecule has 1 aromatic rings. The highest BCUT2D eigenvalue weighted by Gasteiger charge is 2.17. The molecule has 1 N–H and O–H groups in total. The molecule has 0 spiro atoms. The molecule has 1 saturated carbocycles. The maximum atomic E-state index is 8.87. The average Bonchev–Trinajstić information content (AvgIpc) is 2.40. The average molecular weight is 235 g/mol. The maximum Gasteiger partial charge on any atom is 0.151 e. The minimum absolute atomic E-state index is 0.141. The molecule has 4 nitrogen and oxygen atoms in total. The van der Waals surface area contributed by atoms with Gasteiger partial charge in [-0.15, -0.1) is 5.10 Å². The van der Waals surface area contributed by atoms with E-state index in [1.165, 1.54) is 32.1 Å². The monoisotopic (exact) mass is 235 g/mol. The van der Waals surface area contributed by atoms with E-state index in [0.717, 1.165) is 11.5 Å². The Bertz CT molecular complexity index is 333. The number of hydrogen-bond acceptors (Lipinski definition) is 4. The fraction of sp³-hybridized carbons (Fsp3) is 0.692. The van der Waals surface area contributed by atoms with Crippen LogP contribution in [0.3, 0.4) is 0 Å². The van der Waals surface area contributed by atoms with Gasteiger partial charge in [0, 0.05) is 19.5 Å². The van der Waals surface area contributed by atoms with Crippen molar-refractivity contribution in [2.24, 2.45) is 0 Å². The van der Waals surface area contributed by atoms with E-state index in [9.17, 15) is 0 Å². The van der Waals surface area contributed by atoms with Crippen LogP contribution in [-0.2, 0) is 0 Å². The van der Waals surface area contributed by atoms with Gasteiger partial charge in [-0.3, -0.25) is 0 Å². The van der Waals surface area contributed by atoms with Crippen LogP contribution < -0.4 is 4.90 Å². The highest BCUT2D eigenvalue weighted by atomic mass is 16.3. The van der Waals surface area contributed by atoms with Gasteiger partial charge in [0.2, 0.25) is 0 Å². The molecule has 94 valence electrons. The normalized spacial score (nSPS) is 17.1. The second kappa shape index (κ2) is 5.96. The third kappa shape index (κ3) is 3.16. The molecule has 0 aromatic carbocycles. The number of likely N-dealkylation sites (N-methyl/N-ethyl adjacent to an activating group) is 1. The second-order valence-electron chi connectivity index (χ2n) is 4.80. The minimum atomic E-state index is 0.141. The quantitative estimate of drug-likeness (QED) is 0.866. The van der Waals surface area contributed by atoms with Gasteiger partial charge in [0.25, 0.3) is 0 Å². The number of aliphatic hydroxyl groups is 1. The van der Waals surface area contributed by atoms with Crippen molar-refractivity contribution in [3.05, 3.63) is 17.8 Å². The zero-order chi connectivity index (χ0) is 12.1. The molecular formula is C13H21N3O. The Balaban J connectivity index is 2.01. The van der Waals surface area contributed by atoms with E-state index in [0.29, 0.717) is 12.5 Å². The van der Waals surface area contributed by atoms with Crippen LogP contribution in [0.4, 0.5) is 5.82 Å². The first-order valence-corrected chi connectivity index (χ1v) is 6.47. The minimum Gasteiger partial charge on any atom is -0.395 e. The summed E-state index contributed by atoms with van der Waals surface area (Å²) in [4.78, 5) is 1.91. The third-order valence-corrected chi connectivity index (χ3v) is 3.52. The lowest BCUT2D eigenvalue weighted by Crippen LogP contribution is -2.22. The largest absolute Gasteiger partial charge is 0.395 e. The zero-order valence-corrected chi connectivity index (χ0v) is 10.5. The molecular weight excluding hydrogens is 214 g/mol. The summed E-state index contributed by atoms with van der Waals surface area (Å²) in [5.74, 6) is 1.44. The topological polar surface area (TPSA) is 49.2 Å². The zero-order valence-electron chi connectivity index (χ0n) is 10.5. The Hall–Kier alpha value is -1.16. The van der Waals surface area contributed by atoms with E-state index in [1.807, 2.05) is 18.0 Å². The number of nitrogens with zero attached hydrogens (tertiary/aromatic N) is 3. The number of aromatic nitrogens is 2. The van der Waals surface area contributed by atoms with Gasteiger partial charge in [0.05, 0.1) is 12.3 Å². The van der Waals surface area contributed by atoms with Gasteiger partial charge in [-0.1, -0.05) is 19.3 Å². The number of hydrogen-bond donors (Lipinski definition) is 1. The molecule has 1 aliphatic rings. The summed E-state index contributed by atoms with van der Waals surface area (Å²) in [5, 5.41) is 17.4. The highest BCUT2D eigenvalue weighted by Crippen LogP contribution is 2.31. The molecule has 0 aliphatic heterocycles. The summed E-state index contributed by atoms with van der Waals surface area (Å²) in [6, 6.07) is 4.10. The first kappa shape index (κ1) is 12.3. The number of anilines is 1. The molecule has 1 aliphatic carbocycles. The van der Waals surface area contributed by atoms with Crippen molar-refractivity contribution in [3.63, 3.8) is 0 Å². The standard InChI is InChI=1S/C13H21N3O/c1-16(9-10-17)13-8-7-12(14-15-13)11-5-3-2-4-6-11/h7-8,11,17H,2-6,9-10H2,1H3. The fourth-order valence-corrected chi connectivity index (χ4v) is 2.42. The van der Waals surface area contributed by atoms with Gasteiger partial charge in [-0.2, -0.15) is 5.10 Å². The summed E-state index contributed by atoms with van der Waals surface area (Å²) in [7, 11) is 1.92. The molecule has 0 radical (unpaired) electrons. The van der Waals surface area contributed by atoms with Crippen molar-refractivity contribution in [1.29, 1.82) is 0 Å². The predicted molar refractivity (Wildman–Crippen MR) is 68.2 cm³/mol. The molecule has 2 rings (SSSR count). The Morgan fingerprint density at radius 1 is 1.24 bits per heavy atom. The highest BCUT2D eigenvalue weighted by molar-refractivity contribution is 5.36. The van der Waals surface area contributed by atoms with Crippen molar-refractivity contribution >= 4 is 5.82 Å².